The fraction of sp³-hybridized carbons (Fsp3) is 0.320. The average Bonchev–Trinajstić information content (AvgIpc) is 3.11. The van der Waals surface area contributed by atoms with Crippen molar-refractivity contribution in [1.29, 1.82) is 0 Å². The number of hydrogen-bond acceptors (Lipinski definition) is 5. The third-order valence-electron chi connectivity index (χ3n) is 5.74. The highest BCUT2D eigenvalue weighted by Gasteiger charge is 2.19. The van der Waals surface area contributed by atoms with Gasteiger partial charge in [0.1, 0.15) is 6.54 Å². The fourth-order valence-corrected chi connectivity index (χ4v) is 4.11. The van der Waals surface area contributed by atoms with Crippen LogP contribution in [0.3, 0.4) is 0 Å². The Morgan fingerprint density at radius 2 is 1.66 bits per heavy atom. The first kappa shape index (κ1) is 23.9. The Morgan fingerprint density at radius 1 is 0.971 bits per heavy atom. The number of aromatic nitrogens is 4. The number of carbonyl (C=O) groups excluding carboxylic acids is 2. The molecule has 182 valence electrons. The van der Waals surface area contributed by atoms with Gasteiger partial charge in [0.2, 0.25) is 17.6 Å². The average molecular weight is 477 g/mol. The second-order valence-electron chi connectivity index (χ2n) is 8.84. The maximum Gasteiger partial charge on any atom is 0.352 e. The van der Waals surface area contributed by atoms with Crippen LogP contribution in [0.15, 0.2) is 52.1 Å². The quantitative estimate of drug-likeness (QED) is 0.423. The minimum atomic E-state index is -0.548. The third kappa shape index (κ3) is 4.72. The molecule has 0 spiro atoms. The number of hydrogen-bond donors (Lipinski definition) is 2. The molecule has 2 aromatic heterocycles. The number of benzene rings is 2. The van der Waals surface area contributed by atoms with Crippen molar-refractivity contribution in [3.63, 3.8) is 0 Å². The fourth-order valence-electron chi connectivity index (χ4n) is 4.11. The van der Waals surface area contributed by atoms with Crippen LogP contribution in [-0.2, 0) is 22.7 Å². The van der Waals surface area contributed by atoms with Gasteiger partial charge in [0.15, 0.2) is 0 Å². The Morgan fingerprint density at radius 3 is 2.34 bits per heavy atom. The summed E-state index contributed by atoms with van der Waals surface area (Å²) >= 11 is 0. The first-order valence-electron chi connectivity index (χ1n) is 11.4. The number of nitrogens with one attached hydrogen (secondary N) is 2. The summed E-state index contributed by atoms with van der Waals surface area (Å²) in [7, 11) is 0. The van der Waals surface area contributed by atoms with E-state index in [0.29, 0.717) is 16.6 Å². The SMILES string of the molecule is Cc1cccc(C)c1NC(=O)Cn1nc2n(CCC(=O)NC(C)C)c(=O)c3ccccc3n2c1=O. The van der Waals surface area contributed by atoms with Crippen LogP contribution in [0.5, 0.6) is 0 Å². The summed E-state index contributed by atoms with van der Waals surface area (Å²) in [5.41, 5.74) is 1.98. The summed E-state index contributed by atoms with van der Waals surface area (Å²) < 4.78 is 3.65. The minimum Gasteiger partial charge on any atom is -0.354 e. The van der Waals surface area contributed by atoms with Gasteiger partial charge in [-0.05, 0) is 51.0 Å². The number of fused-ring (bicyclic) bond motifs is 3. The van der Waals surface area contributed by atoms with Gasteiger partial charge in [-0.25, -0.2) is 13.9 Å². The molecule has 10 heteroatoms. The molecule has 0 aliphatic heterocycles. The van der Waals surface area contributed by atoms with E-state index in [-0.39, 0.29) is 42.8 Å². The topological polar surface area (TPSA) is 120 Å². The molecule has 0 radical (unpaired) electrons. The van der Waals surface area contributed by atoms with Crippen LogP contribution < -0.4 is 21.9 Å². The zero-order valence-electron chi connectivity index (χ0n) is 20.2. The maximum atomic E-state index is 13.3. The van der Waals surface area contributed by atoms with Crippen LogP contribution in [0.1, 0.15) is 31.4 Å². The first-order valence-corrected chi connectivity index (χ1v) is 11.4. The largest absolute Gasteiger partial charge is 0.354 e. The lowest BCUT2D eigenvalue weighted by Gasteiger charge is -2.11. The molecule has 2 aromatic carbocycles. The molecule has 35 heavy (non-hydrogen) atoms. The van der Waals surface area contributed by atoms with Gasteiger partial charge in [-0.1, -0.05) is 30.3 Å². The number of amides is 2. The second kappa shape index (κ2) is 9.57. The van der Waals surface area contributed by atoms with Crippen LogP contribution >= 0.6 is 0 Å². The van der Waals surface area contributed by atoms with E-state index in [1.807, 2.05) is 45.9 Å². The molecule has 2 heterocycles. The highest BCUT2D eigenvalue weighted by atomic mass is 16.2. The number of nitrogens with zero attached hydrogens (tertiary/aromatic N) is 4. The molecule has 10 nitrogen and oxygen atoms in total. The molecule has 2 amide bonds. The molecule has 0 saturated heterocycles. The van der Waals surface area contributed by atoms with Crippen LogP contribution in [0.2, 0.25) is 0 Å². The van der Waals surface area contributed by atoms with E-state index in [2.05, 4.69) is 15.7 Å². The molecule has 0 aliphatic rings. The monoisotopic (exact) mass is 476 g/mol. The lowest BCUT2D eigenvalue weighted by molar-refractivity contribution is -0.121. The Hall–Kier alpha value is -4.21. The predicted molar refractivity (Wildman–Crippen MR) is 134 cm³/mol. The van der Waals surface area contributed by atoms with E-state index < -0.39 is 11.6 Å². The Kier molecular flexibility index (Phi) is 6.54. The summed E-state index contributed by atoms with van der Waals surface area (Å²) in [6.45, 7) is 7.19. The van der Waals surface area contributed by atoms with Gasteiger partial charge in [-0.3, -0.25) is 19.0 Å². The number of para-hydroxylation sites is 2. The van der Waals surface area contributed by atoms with Gasteiger partial charge < -0.3 is 10.6 Å². The summed E-state index contributed by atoms with van der Waals surface area (Å²) in [5.74, 6) is -0.550. The molecule has 0 saturated carbocycles. The molecule has 4 rings (SSSR count). The van der Waals surface area contributed by atoms with Gasteiger partial charge in [0.25, 0.3) is 5.56 Å². The summed E-state index contributed by atoms with van der Waals surface area (Å²) in [6, 6.07) is 12.4. The van der Waals surface area contributed by atoms with Gasteiger partial charge in [0.05, 0.1) is 10.9 Å². The first-order chi connectivity index (χ1) is 16.7. The standard InChI is InChI=1S/C25H28N6O4/c1-15(2)26-20(32)12-13-29-23(34)18-10-5-6-11-19(18)31-24(29)28-30(25(31)35)14-21(33)27-22-16(3)8-7-9-17(22)4/h5-11,15H,12-14H2,1-4H3,(H,26,32)(H,27,33). The van der Waals surface area contributed by atoms with E-state index in [4.69, 9.17) is 0 Å². The normalized spacial score (nSPS) is 11.3. The van der Waals surface area contributed by atoms with Crippen LogP contribution in [0.25, 0.3) is 16.7 Å². The molecule has 2 N–H and O–H groups in total. The van der Waals surface area contributed by atoms with Crippen LogP contribution in [0, 0.1) is 13.8 Å². The van der Waals surface area contributed by atoms with Crippen molar-refractivity contribution in [3.8, 4) is 0 Å². The van der Waals surface area contributed by atoms with Crippen LogP contribution in [-0.4, -0.2) is 36.6 Å². The van der Waals surface area contributed by atoms with Gasteiger partial charge in [-0.15, -0.1) is 5.10 Å². The lowest BCUT2D eigenvalue weighted by Crippen LogP contribution is -2.33. The lowest BCUT2D eigenvalue weighted by atomic mass is 10.1. The smallest absolute Gasteiger partial charge is 0.352 e. The van der Waals surface area contributed by atoms with E-state index in [0.717, 1.165) is 15.8 Å². The van der Waals surface area contributed by atoms with E-state index in [9.17, 15) is 19.2 Å². The van der Waals surface area contributed by atoms with Gasteiger partial charge in [-0.2, -0.15) is 0 Å². The number of anilines is 1. The van der Waals surface area contributed by atoms with Crippen molar-refractivity contribution in [2.45, 2.75) is 53.2 Å². The van der Waals surface area contributed by atoms with Crippen molar-refractivity contribution < 1.29 is 9.59 Å². The van der Waals surface area contributed by atoms with Crippen molar-refractivity contribution in [3.05, 3.63) is 74.4 Å². The summed E-state index contributed by atoms with van der Waals surface area (Å²) in [4.78, 5) is 51.5. The molecular formula is C25H28N6O4. The Labute approximate surface area is 201 Å². The molecule has 0 atom stereocenters. The molecule has 0 unspecified atom stereocenters. The van der Waals surface area contributed by atoms with E-state index in [1.165, 1.54) is 8.97 Å². The summed E-state index contributed by atoms with van der Waals surface area (Å²) in [6.07, 6.45) is 0.0418. The number of carbonyl (C=O) groups is 2. The second-order valence-corrected chi connectivity index (χ2v) is 8.84. The van der Waals surface area contributed by atoms with Crippen molar-refractivity contribution in [2.24, 2.45) is 0 Å². The minimum absolute atomic E-state index is 0.0342. The van der Waals surface area contributed by atoms with Crippen molar-refractivity contribution in [1.82, 2.24) is 24.1 Å². The molecule has 4 aromatic rings. The van der Waals surface area contributed by atoms with Crippen molar-refractivity contribution in [2.75, 3.05) is 5.32 Å². The third-order valence-corrected chi connectivity index (χ3v) is 5.74. The maximum absolute atomic E-state index is 13.3. The molecule has 0 fully saturated rings. The molecular weight excluding hydrogens is 448 g/mol. The van der Waals surface area contributed by atoms with Crippen LogP contribution in [0.4, 0.5) is 5.69 Å². The zero-order chi connectivity index (χ0) is 25.3. The molecule has 0 bridgehead atoms. The summed E-state index contributed by atoms with van der Waals surface area (Å²) in [5, 5.41) is 10.3. The highest BCUT2D eigenvalue weighted by Crippen LogP contribution is 2.19. The Bertz CT molecular complexity index is 1540. The Balaban J connectivity index is 1.75. The predicted octanol–water partition coefficient (Wildman–Crippen LogP) is 1.98. The number of rotatable bonds is 7. The van der Waals surface area contributed by atoms with Gasteiger partial charge >= 0.3 is 5.69 Å². The van der Waals surface area contributed by atoms with E-state index >= 15 is 0 Å². The van der Waals surface area contributed by atoms with Crippen molar-refractivity contribution >= 4 is 34.2 Å². The molecule has 0 aliphatic carbocycles. The van der Waals surface area contributed by atoms with E-state index in [1.54, 1.807) is 24.3 Å². The highest BCUT2D eigenvalue weighted by molar-refractivity contribution is 5.92. The number of aryl methyl sites for hydroxylation is 3. The zero-order valence-corrected chi connectivity index (χ0v) is 20.2. The van der Waals surface area contributed by atoms with Gasteiger partial charge in [0, 0.05) is 24.7 Å².